The molecule has 0 fully saturated rings. The molecule has 0 unspecified atom stereocenters. The molecule has 0 spiro atoms. The lowest BCUT2D eigenvalue weighted by Gasteiger charge is -2.47. The van der Waals surface area contributed by atoms with Crippen LogP contribution in [0.3, 0.4) is 0 Å². The molecule has 2 nitrogen and oxygen atoms in total. The first kappa shape index (κ1) is 16.8. The second-order valence-electron chi connectivity index (χ2n) is 9.28. The molecule has 2 aromatic heterocycles. The van der Waals surface area contributed by atoms with Crippen molar-refractivity contribution in [3.63, 3.8) is 0 Å². The fraction of sp³-hybridized carbons (Fsp3) is 0.222. The summed E-state index contributed by atoms with van der Waals surface area (Å²) in [6, 6.07) is 21.6. The van der Waals surface area contributed by atoms with Crippen LogP contribution in [0.15, 0.2) is 71.3 Å². The summed E-state index contributed by atoms with van der Waals surface area (Å²) < 4.78 is 6.58. The van der Waals surface area contributed by atoms with Crippen molar-refractivity contribution in [1.82, 2.24) is 4.98 Å². The maximum Gasteiger partial charge on any atom is 0.139 e. The Morgan fingerprint density at radius 3 is 2.45 bits per heavy atom. The number of furan rings is 1. The molecule has 3 aromatic carbocycles. The highest BCUT2D eigenvalue weighted by molar-refractivity contribution is 6.20. The van der Waals surface area contributed by atoms with Crippen molar-refractivity contribution < 1.29 is 4.42 Å². The van der Waals surface area contributed by atoms with Crippen LogP contribution in [0.1, 0.15) is 38.8 Å². The number of fused-ring (bicyclic) bond motifs is 9. The summed E-state index contributed by atoms with van der Waals surface area (Å²) in [5.74, 6) is 0. The Hall–Kier alpha value is -3.13. The number of hydrogen-bond acceptors (Lipinski definition) is 2. The number of aromatic nitrogens is 1. The van der Waals surface area contributed by atoms with E-state index < -0.39 is 0 Å². The summed E-state index contributed by atoms with van der Waals surface area (Å²) in [5, 5.41) is 4.89. The number of pyridine rings is 1. The smallest absolute Gasteiger partial charge is 0.139 e. The predicted octanol–water partition coefficient (Wildman–Crippen LogP) is 7.37. The molecular formula is C27H23NO. The summed E-state index contributed by atoms with van der Waals surface area (Å²) >= 11 is 0. The van der Waals surface area contributed by atoms with Crippen molar-refractivity contribution in [1.29, 1.82) is 0 Å². The second-order valence-corrected chi connectivity index (χ2v) is 9.28. The minimum absolute atomic E-state index is 0.0705. The Kier molecular flexibility index (Phi) is 3.05. The van der Waals surface area contributed by atoms with Crippen LogP contribution in [-0.4, -0.2) is 4.98 Å². The Bertz CT molecular complexity index is 1450. The molecule has 29 heavy (non-hydrogen) atoms. The van der Waals surface area contributed by atoms with Crippen LogP contribution in [0.5, 0.6) is 0 Å². The fourth-order valence-electron chi connectivity index (χ4n) is 5.20. The van der Waals surface area contributed by atoms with E-state index >= 15 is 0 Å². The topological polar surface area (TPSA) is 26.0 Å². The summed E-state index contributed by atoms with van der Waals surface area (Å²) in [6.45, 7) is 9.33. The van der Waals surface area contributed by atoms with Crippen molar-refractivity contribution in [2.24, 2.45) is 0 Å². The Balaban J connectivity index is 1.83. The zero-order valence-corrected chi connectivity index (χ0v) is 17.2. The second kappa shape index (κ2) is 5.27. The fourth-order valence-corrected chi connectivity index (χ4v) is 5.20. The molecule has 2 heterocycles. The van der Waals surface area contributed by atoms with Gasteiger partial charge in [-0.2, -0.15) is 0 Å². The largest absolute Gasteiger partial charge is 0.456 e. The highest BCUT2D eigenvalue weighted by Gasteiger charge is 2.48. The van der Waals surface area contributed by atoms with E-state index in [4.69, 9.17) is 9.40 Å². The van der Waals surface area contributed by atoms with Gasteiger partial charge < -0.3 is 4.42 Å². The first-order valence-electron chi connectivity index (χ1n) is 10.2. The first-order chi connectivity index (χ1) is 13.9. The zero-order valence-electron chi connectivity index (χ0n) is 17.2. The van der Waals surface area contributed by atoms with Crippen LogP contribution in [0, 0.1) is 0 Å². The molecule has 0 radical (unpaired) electrons. The van der Waals surface area contributed by atoms with Gasteiger partial charge in [0.15, 0.2) is 0 Å². The molecule has 0 bridgehead atoms. The predicted molar refractivity (Wildman–Crippen MR) is 121 cm³/mol. The monoisotopic (exact) mass is 377 g/mol. The van der Waals surface area contributed by atoms with Gasteiger partial charge in [-0.25, -0.2) is 0 Å². The third-order valence-corrected chi connectivity index (χ3v) is 7.45. The molecular weight excluding hydrogens is 354 g/mol. The van der Waals surface area contributed by atoms with E-state index in [1.165, 1.54) is 38.2 Å². The van der Waals surface area contributed by atoms with E-state index in [9.17, 15) is 0 Å². The average molecular weight is 377 g/mol. The molecule has 5 aromatic rings. The maximum atomic E-state index is 6.58. The number of benzene rings is 3. The lowest BCUT2D eigenvalue weighted by atomic mass is 9.56. The van der Waals surface area contributed by atoms with E-state index in [1.54, 1.807) is 0 Å². The molecule has 0 N–H and O–H groups in total. The molecule has 6 rings (SSSR count). The van der Waals surface area contributed by atoms with Crippen molar-refractivity contribution in [2.45, 2.75) is 38.5 Å². The van der Waals surface area contributed by atoms with Crippen molar-refractivity contribution in [3.8, 4) is 11.3 Å². The quantitative estimate of drug-likeness (QED) is 0.281. The lowest BCUT2D eigenvalue weighted by Crippen LogP contribution is -2.43. The average Bonchev–Trinajstić information content (AvgIpc) is 3.11. The van der Waals surface area contributed by atoms with Crippen LogP contribution in [0.2, 0.25) is 0 Å². The lowest BCUT2D eigenvalue weighted by molar-refractivity contribution is 0.298. The number of hydrogen-bond donors (Lipinski definition) is 0. The minimum atomic E-state index is -0.110. The maximum absolute atomic E-state index is 6.58. The van der Waals surface area contributed by atoms with E-state index in [0.29, 0.717) is 0 Å². The van der Waals surface area contributed by atoms with E-state index in [1.807, 2.05) is 12.3 Å². The SMILES string of the molecule is CC1(C)c2cccnc2-c2ccc3c(oc4ccc5ccccc5c43)c2C1(C)C. The summed E-state index contributed by atoms with van der Waals surface area (Å²) in [5.41, 5.74) is 6.63. The van der Waals surface area contributed by atoms with Gasteiger partial charge in [0.2, 0.25) is 0 Å². The Morgan fingerprint density at radius 1 is 0.759 bits per heavy atom. The normalized spacial score (nSPS) is 16.8. The summed E-state index contributed by atoms with van der Waals surface area (Å²) in [7, 11) is 0. The van der Waals surface area contributed by atoms with Crippen LogP contribution < -0.4 is 0 Å². The van der Waals surface area contributed by atoms with E-state index in [-0.39, 0.29) is 10.8 Å². The van der Waals surface area contributed by atoms with Crippen molar-refractivity contribution >= 4 is 32.7 Å². The Morgan fingerprint density at radius 2 is 1.59 bits per heavy atom. The molecule has 0 saturated heterocycles. The molecule has 142 valence electrons. The van der Waals surface area contributed by atoms with Gasteiger partial charge in [0.1, 0.15) is 11.2 Å². The van der Waals surface area contributed by atoms with Gasteiger partial charge in [-0.3, -0.25) is 4.98 Å². The van der Waals surface area contributed by atoms with Gasteiger partial charge >= 0.3 is 0 Å². The van der Waals surface area contributed by atoms with Gasteiger partial charge in [-0.05, 0) is 34.5 Å². The third kappa shape index (κ3) is 1.94. The Labute approximate surface area is 170 Å². The molecule has 2 heteroatoms. The standard InChI is InChI=1S/C27H23NO/c1-26(2)20-10-7-15-28-24(20)19-13-12-18-22-17-9-6-5-8-16(17)11-14-21(22)29-25(18)23(19)27(26,3)4/h5-15H,1-4H3. The molecule has 0 amide bonds. The van der Waals surface area contributed by atoms with Crippen molar-refractivity contribution in [2.75, 3.05) is 0 Å². The van der Waals surface area contributed by atoms with Gasteiger partial charge in [0.05, 0.1) is 5.69 Å². The molecule has 0 atom stereocenters. The van der Waals surface area contributed by atoms with Crippen LogP contribution in [0.25, 0.3) is 44.0 Å². The molecule has 0 aliphatic heterocycles. The van der Waals surface area contributed by atoms with Crippen LogP contribution in [0.4, 0.5) is 0 Å². The third-order valence-electron chi connectivity index (χ3n) is 7.45. The number of rotatable bonds is 0. The highest BCUT2D eigenvalue weighted by Crippen LogP contribution is 2.55. The van der Waals surface area contributed by atoms with Crippen LogP contribution in [-0.2, 0) is 10.8 Å². The van der Waals surface area contributed by atoms with Crippen molar-refractivity contribution in [3.05, 3.63) is 78.0 Å². The zero-order chi connectivity index (χ0) is 20.0. The molecule has 1 aliphatic rings. The summed E-state index contributed by atoms with van der Waals surface area (Å²) in [4.78, 5) is 4.79. The van der Waals surface area contributed by atoms with E-state index in [0.717, 1.165) is 16.9 Å². The van der Waals surface area contributed by atoms with Gasteiger partial charge in [-0.15, -0.1) is 0 Å². The van der Waals surface area contributed by atoms with Gasteiger partial charge in [0, 0.05) is 38.9 Å². The molecule has 1 aliphatic carbocycles. The number of nitrogens with zero attached hydrogens (tertiary/aromatic N) is 1. The highest BCUT2D eigenvalue weighted by atomic mass is 16.3. The van der Waals surface area contributed by atoms with Gasteiger partial charge in [0.25, 0.3) is 0 Å². The first-order valence-corrected chi connectivity index (χ1v) is 10.2. The molecule has 0 saturated carbocycles. The van der Waals surface area contributed by atoms with Crippen LogP contribution >= 0.6 is 0 Å². The van der Waals surface area contributed by atoms with Gasteiger partial charge in [-0.1, -0.05) is 70.2 Å². The van der Waals surface area contributed by atoms with E-state index in [2.05, 4.69) is 82.3 Å². The summed E-state index contributed by atoms with van der Waals surface area (Å²) in [6.07, 6.45) is 1.90. The minimum Gasteiger partial charge on any atom is -0.456 e.